The molecule has 1 aromatic carbocycles. The van der Waals surface area contributed by atoms with Gasteiger partial charge in [-0.05, 0) is 30.7 Å². The van der Waals surface area contributed by atoms with E-state index in [1.54, 1.807) is 29.2 Å². The Labute approximate surface area is 151 Å². The number of rotatable bonds is 2. The molecular formula is C17H19ClN2O4S. The standard InChI is InChI=1S/C17H19ClN2O4S/c18-13-1-2-15-12(9-13)10-16(24-15)17(21)20-6-4-19(5-7-20)14-3-8-25(22,23)11-14/h1-2,9-10,14H,3-8,11H2/t14-/m0/s1. The molecule has 0 aliphatic carbocycles. The first-order chi connectivity index (χ1) is 11.9. The Hall–Kier alpha value is -1.57. The smallest absolute Gasteiger partial charge is 0.289 e. The number of piperazine rings is 1. The SMILES string of the molecule is O=C(c1cc2cc(Cl)ccc2o1)N1CCN([C@H]2CCS(=O)(=O)C2)CC1. The third-order valence-corrected chi connectivity index (χ3v) is 7.00. The van der Waals surface area contributed by atoms with Crippen molar-refractivity contribution in [3.05, 3.63) is 35.0 Å². The third-order valence-electron chi connectivity index (χ3n) is 5.02. The summed E-state index contributed by atoms with van der Waals surface area (Å²) >= 11 is 5.97. The number of furan rings is 1. The van der Waals surface area contributed by atoms with Crippen molar-refractivity contribution in [2.75, 3.05) is 37.7 Å². The lowest BCUT2D eigenvalue weighted by Gasteiger charge is -2.37. The molecule has 8 heteroatoms. The lowest BCUT2D eigenvalue weighted by atomic mass is 10.2. The molecule has 6 nitrogen and oxygen atoms in total. The Balaban J connectivity index is 1.42. The first-order valence-corrected chi connectivity index (χ1v) is 10.5. The molecule has 0 spiro atoms. The maximum atomic E-state index is 12.7. The molecule has 0 saturated carbocycles. The van der Waals surface area contributed by atoms with Crippen molar-refractivity contribution in [3.63, 3.8) is 0 Å². The second-order valence-corrected chi connectivity index (χ2v) is 9.34. The van der Waals surface area contributed by atoms with E-state index in [0.29, 0.717) is 49.0 Å². The number of hydrogen-bond acceptors (Lipinski definition) is 5. The van der Waals surface area contributed by atoms with Gasteiger partial charge in [0.1, 0.15) is 5.58 Å². The molecule has 2 aliphatic heterocycles. The minimum absolute atomic E-state index is 0.0931. The van der Waals surface area contributed by atoms with Crippen LogP contribution in [-0.2, 0) is 9.84 Å². The van der Waals surface area contributed by atoms with Crippen molar-refractivity contribution in [2.24, 2.45) is 0 Å². The van der Waals surface area contributed by atoms with Crippen LogP contribution in [0, 0.1) is 0 Å². The van der Waals surface area contributed by atoms with Crippen LogP contribution in [-0.4, -0.2) is 67.9 Å². The number of carbonyl (C=O) groups is 1. The van der Waals surface area contributed by atoms with Gasteiger partial charge in [-0.3, -0.25) is 9.69 Å². The van der Waals surface area contributed by atoms with Crippen LogP contribution in [0.5, 0.6) is 0 Å². The summed E-state index contributed by atoms with van der Waals surface area (Å²) in [6, 6.07) is 7.08. The fraction of sp³-hybridized carbons (Fsp3) is 0.471. The maximum absolute atomic E-state index is 12.7. The van der Waals surface area contributed by atoms with E-state index in [4.69, 9.17) is 16.0 Å². The topological polar surface area (TPSA) is 70.8 Å². The van der Waals surface area contributed by atoms with E-state index < -0.39 is 9.84 Å². The van der Waals surface area contributed by atoms with E-state index in [0.717, 1.165) is 5.39 Å². The summed E-state index contributed by atoms with van der Waals surface area (Å²) in [4.78, 5) is 16.6. The van der Waals surface area contributed by atoms with Gasteiger partial charge in [0.25, 0.3) is 5.91 Å². The lowest BCUT2D eigenvalue weighted by molar-refractivity contribution is 0.0561. The van der Waals surface area contributed by atoms with Crippen molar-refractivity contribution in [1.29, 1.82) is 0 Å². The molecule has 0 unspecified atom stereocenters. The van der Waals surface area contributed by atoms with Crippen molar-refractivity contribution in [3.8, 4) is 0 Å². The normalized spacial score (nSPS) is 24.0. The maximum Gasteiger partial charge on any atom is 0.289 e. The van der Waals surface area contributed by atoms with E-state index in [1.807, 2.05) is 0 Å². The van der Waals surface area contributed by atoms with Crippen LogP contribution in [0.2, 0.25) is 5.02 Å². The molecule has 2 aromatic rings. The Bertz CT molecular complexity index is 916. The Morgan fingerprint density at radius 1 is 1.16 bits per heavy atom. The summed E-state index contributed by atoms with van der Waals surface area (Å²) in [6.45, 7) is 2.54. The number of amides is 1. The fourth-order valence-corrected chi connectivity index (χ4v) is 5.57. The summed E-state index contributed by atoms with van der Waals surface area (Å²) in [6.07, 6.45) is 0.695. The van der Waals surface area contributed by atoms with Crippen molar-refractivity contribution in [2.45, 2.75) is 12.5 Å². The molecule has 1 atom stereocenters. The van der Waals surface area contributed by atoms with E-state index >= 15 is 0 Å². The number of hydrogen-bond donors (Lipinski definition) is 0. The summed E-state index contributed by atoms with van der Waals surface area (Å²) < 4.78 is 28.9. The largest absolute Gasteiger partial charge is 0.451 e. The van der Waals surface area contributed by atoms with E-state index in [1.165, 1.54) is 0 Å². The number of benzene rings is 1. The molecule has 2 saturated heterocycles. The number of carbonyl (C=O) groups excluding carboxylic acids is 1. The predicted molar refractivity (Wildman–Crippen MR) is 95.8 cm³/mol. The molecule has 1 amide bonds. The highest BCUT2D eigenvalue weighted by Gasteiger charge is 2.34. The van der Waals surface area contributed by atoms with E-state index in [-0.39, 0.29) is 23.5 Å². The van der Waals surface area contributed by atoms with Crippen LogP contribution in [0.15, 0.2) is 28.7 Å². The average molecular weight is 383 g/mol. The van der Waals surface area contributed by atoms with Crippen LogP contribution >= 0.6 is 11.6 Å². The zero-order chi connectivity index (χ0) is 17.6. The second-order valence-electron chi connectivity index (χ2n) is 6.68. The van der Waals surface area contributed by atoms with Gasteiger partial charge in [-0.2, -0.15) is 0 Å². The summed E-state index contributed by atoms with van der Waals surface area (Å²) in [5, 5.41) is 1.41. The molecule has 25 heavy (non-hydrogen) atoms. The molecule has 2 fully saturated rings. The minimum atomic E-state index is -2.88. The molecule has 0 N–H and O–H groups in total. The number of halogens is 1. The monoisotopic (exact) mass is 382 g/mol. The average Bonchev–Trinajstić information content (AvgIpc) is 3.17. The highest BCUT2D eigenvalue weighted by Crippen LogP contribution is 2.25. The van der Waals surface area contributed by atoms with Gasteiger partial charge in [-0.1, -0.05) is 11.6 Å². The van der Waals surface area contributed by atoms with Crippen molar-refractivity contribution >= 4 is 38.3 Å². The molecular weight excluding hydrogens is 364 g/mol. The van der Waals surface area contributed by atoms with Crippen molar-refractivity contribution < 1.29 is 17.6 Å². The van der Waals surface area contributed by atoms with Crippen LogP contribution in [0.3, 0.4) is 0 Å². The Kier molecular flexibility index (Phi) is 4.25. The van der Waals surface area contributed by atoms with Crippen LogP contribution in [0.4, 0.5) is 0 Å². The zero-order valence-electron chi connectivity index (χ0n) is 13.7. The number of nitrogens with zero attached hydrogens (tertiary/aromatic N) is 2. The van der Waals surface area contributed by atoms with Gasteiger partial charge in [0.2, 0.25) is 0 Å². The quantitative estimate of drug-likeness (QED) is 0.794. The van der Waals surface area contributed by atoms with Gasteiger partial charge in [0.15, 0.2) is 15.6 Å². The van der Waals surface area contributed by atoms with E-state index in [2.05, 4.69) is 4.90 Å². The summed E-state index contributed by atoms with van der Waals surface area (Å²) in [5.41, 5.74) is 0.641. The van der Waals surface area contributed by atoms with Gasteiger partial charge < -0.3 is 9.32 Å². The van der Waals surface area contributed by atoms with Gasteiger partial charge in [-0.25, -0.2) is 8.42 Å². The van der Waals surface area contributed by atoms with Gasteiger partial charge >= 0.3 is 0 Å². The first-order valence-electron chi connectivity index (χ1n) is 8.34. The van der Waals surface area contributed by atoms with Gasteiger partial charge in [0, 0.05) is 42.6 Å². The molecule has 0 radical (unpaired) electrons. The molecule has 0 bridgehead atoms. The fourth-order valence-electron chi connectivity index (χ4n) is 3.63. The lowest BCUT2D eigenvalue weighted by Crippen LogP contribution is -2.52. The van der Waals surface area contributed by atoms with Crippen LogP contribution in [0.25, 0.3) is 11.0 Å². The predicted octanol–water partition coefficient (Wildman–Crippen LogP) is 2.03. The van der Waals surface area contributed by atoms with Crippen molar-refractivity contribution in [1.82, 2.24) is 9.80 Å². The number of sulfone groups is 1. The zero-order valence-corrected chi connectivity index (χ0v) is 15.2. The molecule has 134 valence electrons. The molecule has 3 heterocycles. The van der Waals surface area contributed by atoms with Crippen LogP contribution < -0.4 is 0 Å². The summed E-state index contributed by atoms with van der Waals surface area (Å²) in [7, 11) is -2.88. The Morgan fingerprint density at radius 3 is 2.60 bits per heavy atom. The number of fused-ring (bicyclic) bond motifs is 1. The molecule has 1 aromatic heterocycles. The molecule has 2 aliphatic rings. The van der Waals surface area contributed by atoms with E-state index in [9.17, 15) is 13.2 Å². The minimum Gasteiger partial charge on any atom is -0.451 e. The highest BCUT2D eigenvalue weighted by molar-refractivity contribution is 7.91. The third kappa shape index (κ3) is 3.41. The second kappa shape index (κ2) is 6.30. The molecule has 4 rings (SSSR count). The highest BCUT2D eigenvalue weighted by atomic mass is 35.5. The van der Waals surface area contributed by atoms with Gasteiger partial charge in [0.05, 0.1) is 11.5 Å². The van der Waals surface area contributed by atoms with Crippen LogP contribution in [0.1, 0.15) is 17.0 Å². The first kappa shape index (κ1) is 16.9. The van der Waals surface area contributed by atoms with Gasteiger partial charge in [-0.15, -0.1) is 0 Å². The Morgan fingerprint density at radius 2 is 1.92 bits per heavy atom. The summed E-state index contributed by atoms with van der Waals surface area (Å²) in [5.74, 6) is 0.698.